The van der Waals surface area contributed by atoms with Crippen molar-refractivity contribution >= 4 is 23.0 Å². The number of aromatic nitrogens is 1. The van der Waals surface area contributed by atoms with Crippen LogP contribution in [0, 0.1) is 0 Å². The van der Waals surface area contributed by atoms with E-state index in [4.69, 9.17) is 0 Å². The molecule has 2 N–H and O–H groups in total. The van der Waals surface area contributed by atoms with Gasteiger partial charge in [0.05, 0.1) is 23.0 Å². The fourth-order valence-electron chi connectivity index (χ4n) is 2.94. The number of benzene rings is 3. The Balaban J connectivity index is 1.69. The third kappa shape index (κ3) is 3.59. The smallest absolute Gasteiger partial charge is 0.272 e. The average molecular weight is 367 g/mol. The van der Waals surface area contributed by atoms with E-state index in [2.05, 4.69) is 15.5 Å². The lowest BCUT2D eigenvalue weighted by molar-refractivity contribution is 0.0956. The summed E-state index contributed by atoms with van der Waals surface area (Å²) in [5.41, 5.74) is 5.93. The summed E-state index contributed by atoms with van der Waals surface area (Å²) >= 11 is 0. The molecule has 1 amide bonds. The fourth-order valence-corrected chi connectivity index (χ4v) is 2.94. The van der Waals surface area contributed by atoms with Crippen LogP contribution in [0.4, 0.5) is 0 Å². The molecule has 3 aromatic carbocycles. The SMILES string of the molecule is O=C(NN=Cc1ccccc1O)c1cc(-c2ccccc2)nc2ccccc12. The first-order valence-corrected chi connectivity index (χ1v) is 8.79. The number of hydrogen-bond donors (Lipinski definition) is 2. The van der Waals surface area contributed by atoms with Crippen molar-refractivity contribution in [2.75, 3.05) is 0 Å². The van der Waals surface area contributed by atoms with E-state index in [0.29, 0.717) is 16.8 Å². The number of rotatable bonds is 4. The average Bonchev–Trinajstić information content (AvgIpc) is 2.75. The van der Waals surface area contributed by atoms with Crippen molar-refractivity contribution in [1.82, 2.24) is 10.4 Å². The zero-order valence-corrected chi connectivity index (χ0v) is 14.9. The molecule has 0 fully saturated rings. The van der Waals surface area contributed by atoms with E-state index < -0.39 is 0 Å². The lowest BCUT2D eigenvalue weighted by Crippen LogP contribution is -2.18. The zero-order chi connectivity index (χ0) is 19.3. The van der Waals surface area contributed by atoms with Gasteiger partial charge in [0.2, 0.25) is 0 Å². The van der Waals surface area contributed by atoms with Gasteiger partial charge in [0.15, 0.2) is 0 Å². The summed E-state index contributed by atoms with van der Waals surface area (Å²) in [4.78, 5) is 17.5. The molecular formula is C23H17N3O2. The molecule has 0 bridgehead atoms. The van der Waals surface area contributed by atoms with E-state index in [1.165, 1.54) is 6.21 Å². The number of carbonyl (C=O) groups excluding carboxylic acids is 1. The number of phenols is 1. The van der Waals surface area contributed by atoms with Gasteiger partial charge < -0.3 is 5.11 Å². The highest BCUT2D eigenvalue weighted by Crippen LogP contribution is 2.24. The lowest BCUT2D eigenvalue weighted by atomic mass is 10.0. The molecule has 1 aromatic heterocycles. The highest BCUT2D eigenvalue weighted by molar-refractivity contribution is 6.07. The molecule has 0 spiro atoms. The van der Waals surface area contributed by atoms with E-state index in [9.17, 15) is 9.90 Å². The molecule has 4 rings (SSSR count). The number of para-hydroxylation sites is 2. The van der Waals surface area contributed by atoms with Gasteiger partial charge in [-0.3, -0.25) is 4.79 Å². The maximum Gasteiger partial charge on any atom is 0.272 e. The predicted molar refractivity (Wildman–Crippen MR) is 110 cm³/mol. The van der Waals surface area contributed by atoms with E-state index in [1.54, 1.807) is 30.3 Å². The monoisotopic (exact) mass is 367 g/mol. The van der Waals surface area contributed by atoms with Crippen LogP contribution in [0.2, 0.25) is 0 Å². The van der Waals surface area contributed by atoms with Crippen LogP contribution in [0.3, 0.4) is 0 Å². The molecule has 5 heteroatoms. The van der Waals surface area contributed by atoms with Crippen LogP contribution in [0.1, 0.15) is 15.9 Å². The van der Waals surface area contributed by atoms with Crippen LogP contribution in [0.15, 0.2) is 90.0 Å². The van der Waals surface area contributed by atoms with Gasteiger partial charge in [-0.05, 0) is 24.3 Å². The Morgan fingerprint density at radius 3 is 2.46 bits per heavy atom. The summed E-state index contributed by atoms with van der Waals surface area (Å²) < 4.78 is 0. The van der Waals surface area contributed by atoms with Crippen LogP contribution in [0.25, 0.3) is 22.2 Å². The van der Waals surface area contributed by atoms with Gasteiger partial charge in [-0.2, -0.15) is 5.10 Å². The third-order valence-electron chi connectivity index (χ3n) is 4.34. The number of aromatic hydroxyl groups is 1. The molecule has 1 heterocycles. The number of phenolic OH excluding ortho intramolecular Hbond substituents is 1. The normalized spacial score (nSPS) is 11.0. The Morgan fingerprint density at radius 2 is 1.64 bits per heavy atom. The number of nitrogens with one attached hydrogen (secondary N) is 1. The van der Waals surface area contributed by atoms with Crippen molar-refractivity contribution in [3.8, 4) is 17.0 Å². The number of hydrazone groups is 1. The molecule has 0 saturated carbocycles. The van der Waals surface area contributed by atoms with Crippen LogP contribution in [0.5, 0.6) is 5.75 Å². The van der Waals surface area contributed by atoms with Crippen molar-refractivity contribution in [1.29, 1.82) is 0 Å². The second-order valence-corrected chi connectivity index (χ2v) is 6.20. The predicted octanol–water partition coefficient (Wildman–Crippen LogP) is 4.37. The second-order valence-electron chi connectivity index (χ2n) is 6.20. The first-order chi connectivity index (χ1) is 13.7. The van der Waals surface area contributed by atoms with Gasteiger partial charge in [-0.15, -0.1) is 0 Å². The third-order valence-corrected chi connectivity index (χ3v) is 4.34. The van der Waals surface area contributed by atoms with Gasteiger partial charge in [0.25, 0.3) is 5.91 Å². The van der Waals surface area contributed by atoms with Crippen LogP contribution < -0.4 is 5.43 Å². The summed E-state index contributed by atoms with van der Waals surface area (Å²) in [7, 11) is 0. The molecule has 0 atom stereocenters. The number of amides is 1. The summed E-state index contributed by atoms with van der Waals surface area (Å²) in [6, 6.07) is 25.7. The Bertz CT molecular complexity index is 1170. The highest BCUT2D eigenvalue weighted by atomic mass is 16.3. The van der Waals surface area contributed by atoms with Crippen molar-refractivity contribution in [3.05, 3.63) is 96.1 Å². The molecule has 0 aliphatic heterocycles. The standard InChI is InChI=1S/C23H17N3O2/c27-22-13-7-4-10-17(22)15-24-26-23(28)19-14-21(16-8-2-1-3-9-16)25-20-12-6-5-11-18(19)20/h1-15,27H,(H,26,28). The Kier molecular flexibility index (Phi) is 4.80. The van der Waals surface area contributed by atoms with E-state index in [0.717, 1.165) is 16.5 Å². The van der Waals surface area contributed by atoms with Gasteiger partial charge in [0.1, 0.15) is 5.75 Å². The number of hydrogen-bond acceptors (Lipinski definition) is 4. The van der Waals surface area contributed by atoms with Crippen molar-refractivity contribution < 1.29 is 9.90 Å². The maximum absolute atomic E-state index is 12.8. The molecule has 28 heavy (non-hydrogen) atoms. The van der Waals surface area contributed by atoms with E-state index in [-0.39, 0.29) is 11.7 Å². The number of nitrogens with zero attached hydrogens (tertiary/aromatic N) is 2. The highest BCUT2D eigenvalue weighted by Gasteiger charge is 2.13. The van der Waals surface area contributed by atoms with E-state index in [1.807, 2.05) is 54.6 Å². The second kappa shape index (κ2) is 7.72. The zero-order valence-electron chi connectivity index (χ0n) is 14.9. The minimum absolute atomic E-state index is 0.0984. The molecule has 5 nitrogen and oxygen atoms in total. The Hall–Kier alpha value is -3.99. The number of fused-ring (bicyclic) bond motifs is 1. The topological polar surface area (TPSA) is 74.6 Å². The first-order valence-electron chi connectivity index (χ1n) is 8.79. The molecule has 136 valence electrons. The maximum atomic E-state index is 12.8. The first kappa shape index (κ1) is 17.4. The van der Waals surface area contributed by atoms with Gasteiger partial charge >= 0.3 is 0 Å². The summed E-state index contributed by atoms with van der Waals surface area (Å²) in [5.74, 6) is -0.247. The quantitative estimate of drug-likeness (QED) is 0.415. The fraction of sp³-hybridized carbons (Fsp3) is 0. The van der Waals surface area contributed by atoms with Gasteiger partial charge in [-0.25, -0.2) is 10.4 Å². The number of pyridine rings is 1. The summed E-state index contributed by atoms with van der Waals surface area (Å²) in [6.07, 6.45) is 1.41. The molecule has 0 unspecified atom stereocenters. The molecule has 4 aromatic rings. The molecule has 0 radical (unpaired) electrons. The Labute approximate surface area is 162 Å². The molecular weight excluding hydrogens is 350 g/mol. The van der Waals surface area contributed by atoms with Gasteiger partial charge in [-0.1, -0.05) is 60.7 Å². The largest absolute Gasteiger partial charge is 0.507 e. The van der Waals surface area contributed by atoms with Crippen molar-refractivity contribution in [2.45, 2.75) is 0 Å². The summed E-state index contributed by atoms with van der Waals surface area (Å²) in [6.45, 7) is 0. The molecule has 0 saturated heterocycles. The van der Waals surface area contributed by atoms with Gasteiger partial charge in [0, 0.05) is 16.5 Å². The van der Waals surface area contributed by atoms with E-state index >= 15 is 0 Å². The van der Waals surface area contributed by atoms with Crippen LogP contribution in [-0.2, 0) is 0 Å². The lowest BCUT2D eigenvalue weighted by Gasteiger charge is -2.09. The summed E-state index contributed by atoms with van der Waals surface area (Å²) in [5, 5.41) is 14.5. The van der Waals surface area contributed by atoms with Crippen LogP contribution in [-0.4, -0.2) is 22.2 Å². The Morgan fingerprint density at radius 1 is 0.929 bits per heavy atom. The van der Waals surface area contributed by atoms with Crippen molar-refractivity contribution in [3.63, 3.8) is 0 Å². The minimum Gasteiger partial charge on any atom is -0.507 e. The minimum atomic E-state index is -0.345. The molecule has 0 aliphatic rings. The number of carbonyl (C=O) groups is 1. The molecule has 0 aliphatic carbocycles. The van der Waals surface area contributed by atoms with Crippen molar-refractivity contribution in [2.24, 2.45) is 5.10 Å². The van der Waals surface area contributed by atoms with Crippen LogP contribution >= 0.6 is 0 Å².